The van der Waals surface area contributed by atoms with Crippen LogP contribution < -0.4 is 15.0 Å². The lowest BCUT2D eigenvalue weighted by atomic mass is 9.96. The first kappa shape index (κ1) is 30.9. The Morgan fingerprint density at radius 1 is 0.930 bits per heavy atom. The van der Waals surface area contributed by atoms with E-state index in [0.29, 0.717) is 38.1 Å². The van der Waals surface area contributed by atoms with Crippen molar-refractivity contribution in [2.24, 2.45) is 5.10 Å². The highest BCUT2D eigenvalue weighted by Gasteiger charge is 2.18. The van der Waals surface area contributed by atoms with Crippen LogP contribution in [0.1, 0.15) is 42.0 Å². The highest BCUT2D eigenvalue weighted by atomic mass is 35.5. The number of rotatable bonds is 8. The van der Waals surface area contributed by atoms with E-state index in [0.717, 1.165) is 28.0 Å². The fourth-order valence-electron chi connectivity index (χ4n) is 4.67. The Kier molecular flexibility index (Phi) is 9.33. The smallest absolute Gasteiger partial charge is 0.282 e. The van der Waals surface area contributed by atoms with E-state index in [1.807, 2.05) is 31.2 Å². The maximum absolute atomic E-state index is 13.7. The summed E-state index contributed by atoms with van der Waals surface area (Å²) in [5.74, 6) is 1.67. The molecule has 1 heterocycles. The molecule has 0 aliphatic carbocycles. The van der Waals surface area contributed by atoms with Crippen molar-refractivity contribution < 1.29 is 9.47 Å². The number of hydrogen-bond acceptors (Lipinski definition) is 5. The third kappa shape index (κ3) is 6.53. The summed E-state index contributed by atoms with van der Waals surface area (Å²) in [5.41, 5.74) is 4.29. The molecule has 0 fully saturated rings. The van der Waals surface area contributed by atoms with Crippen LogP contribution in [0.4, 0.5) is 0 Å². The minimum absolute atomic E-state index is 0.181. The van der Waals surface area contributed by atoms with Crippen molar-refractivity contribution in [3.8, 4) is 22.9 Å². The molecule has 0 bridgehead atoms. The zero-order valence-electron chi connectivity index (χ0n) is 23.8. The molecule has 5 aromatic rings. The van der Waals surface area contributed by atoms with Gasteiger partial charge in [0.05, 0.1) is 44.3 Å². The second kappa shape index (κ2) is 13.0. The third-order valence-electron chi connectivity index (χ3n) is 6.90. The second-order valence-electron chi connectivity index (χ2n) is 10.2. The monoisotopic (exact) mass is 653 g/mol. The van der Waals surface area contributed by atoms with Gasteiger partial charge in [-0.15, -0.1) is 0 Å². The van der Waals surface area contributed by atoms with E-state index in [-0.39, 0.29) is 28.1 Å². The molecule has 0 amide bonds. The third-order valence-corrected chi connectivity index (χ3v) is 8.20. The molecule has 0 aliphatic rings. The van der Waals surface area contributed by atoms with Crippen LogP contribution in [-0.2, 0) is 6.61 Å². The number of hydrogen-bond donors (Lipinski definition) is 0. The number of methoxy groups -OCH3 is 1. The fraction of sp³-hybridized carbons (Fsp3) is 0.182. The Hall–Kier alpha value is -3.55. The topological polar surface area (TPSA) is 65.7 Å². The molecule has 0 radical (unpaired) electrons. The quantitative estimate of drug-likeness (QED) is 0.156. The van der Waals surface area contributed by atoms with Gasteiger partial charge < -0.3 is 9.47 Å². The highest BCUT2D eigenvalue weighted by Crippen LogP contribution is 2.36. The predicted molar refractivity (Wildman–Crippen MR) is 177 cm³/mol. The van der Waals surface area contributed by atoms with E-state index in [1.165, 1.54) is 10.9 Å². The highest BCUT2D eigenvalue weighted by molar-refractivity contribution is 6.42. The molecule has 43 heavy (non-hydrogen) atoms. The van der Waals surface area contributed by atoms with Crippen LogP contribution in [0.2, 0.25) is 20.1 Å². The van der Waals surface area contributed by atoms with Gasteiger partial charge in [0.25, 0.3) is 5.56 Å². The van der Waals surface area contributed by atoms with Gasteiger partial charge in [0.2, 0.25) is 0 Å². The molecule has 0 aliphatic heterocycles. The molecular formula is C33H27Cl4N3O3. The van der Waals surface area contributed by atoms with Crippen molar-refractivity contribution in [3.63, 3.8) is 0 Å². The van der Waals surface area contributed by atoms with Crippen molar-refractivity contribution in [2.45, 2.75) is 33.3 Å². The SMILES string of the molecule is COc1cc(C)c(-c2nc3ccccc3c(=O)n2N=Cc2cc(Cl)c(OCc3ccc(Cl)c(Cl)c3)c(Cl)c2)cc1C(C)C. The van der Waals surface area contributed by atoms with Crippen LogP contribution in [-0.4, -0.2) is 23.0 Å². The van der Waals surface area contributed by atoms with Gasteiger partial charge >= 0.3 is 0 Å². The first-order chi connectivity index (χ1) is 20.6. The molecule has 0 spiro atoms. The molecular weight excluding hydrogens is 628 g/mol. The number of aromatic nitrogens is 2. The van der Waals surface area contributed by atoms with Crippen molar-refractivity contribution in [3.05, 3.63) is 119 Å². The first-order valence-electron chi connectivity index (χ1n) is 13.4. The van der Waals surface area contributed by atoms with Gasteiger partial charge in [0.15, 0.2) is 11.6 Å². The number of ether oxygens (including phenoxy) is 2. The number of benzene rings is 4. The molecule has 0 unspecified atom stereocenters. The maximum atomic E-state index is 13.7. The standard InChI is InChI=1S/C33H27Cl4N3O3/c1-18(2)23-15-24(19(3)11-30(23)42-4)32-39-29-8-6-5-7-22(29)33(41)40(32)38-16-21-13-27(36)31(28(37)14-21)43-17-20-9-10-25(34)26(35)12-20/h5-16,18H,17H2,1-4H3. The van der Waals surface area contributed by atoms with Gasteiger partial charge in [-0.3, -0.25) is 4.79 Å². The van der Waals surface area contributed by atoms with E-state index >= 15 is 0 Å². The van der Waals surface area contributed by atoms with Crippen LogP contribution >= 0.6 is 46.4 Å². The zero-order valence-corrected chi connectivity index (χ0v) is 26.8. The summed E-state index contributed by atoms with van der Waals surface area (Å²) in [6.07, 6.45) is 1.52. The second-order valence-corrected chi connectivity index (χ2v) is 11.9. The van der Waals surface area contributed by atoms with Crippen LogP contribution in [0.3, 0.4) is 0 Å². The van der Waals surface area contributed by atoms with Gasteiger partial charge in [-0.05, 0) is 83.6 Å². The van der Waals surface area contributed by atoms with Crippen LogP contribution in [0.15, 0.2) is 76.6 Å². The van der Waals surface area contributed by atoms with Gasteiger partial charge in [-0.25, -0.2) is 4.98 Å². The number of nitrogens with zero attached hydrogens (tertiary/aromatic N) is 3. The molecule has 0 saturated carbocycles. The number of halogens is 4. The molecule has 220 valence electrons. The summed E-state index contributed by atoms with van der Waals surface area (Å²) in [7, 11) is 1.65. The largest absolute Gasteiger partial charge is 0.496 e. The number of aryl methyl sites for hydroxylation is 1. The molecule has 0 saturated heterocycles. The Balaban J connectivity index is 1.55. The zero-order chi connectivity index (χ0) is 30.8. The maximum Gasteiger partial charge on any atom is 0.282 e. The van der Waals surface area contributed by atoms with E-state index in [9.17, 15) is 4.79 Å². The molecule has 0 N–H and O–H groups in total. The lowest BCUT2D eigenvalue weighted by molar-refractivity contribution is 0.306. The molecule has 6 nitrogen and oxygen atoms in total. The Morgan fingerprint density at radius 3 is 2.33 bits per heavy atom. The average Bonchev–Trinajstić information content (AvgIpc) is 2.97. The number of para-hydroxylation sites is 1. The summed E-state index contributed by atoms with van der Waals surface area (Å²) >= 11 is 25.2. The van der Waals surface area contributed by atoms with E-state index in [1.54, 1.807) is 49.6 Å². The predicted octanol–water partition coefficient (Wildman–Crippen LogP) is 9.58. The van der Waals surface area contributed by atoms with Gasteiger partial charge in [0.1, 0.15) is 12.4 Å². The minimum Gasteiger partial charge on any atom is -0.496 e. The normalized spacial score (nSPS) is 11.6. The fourth-order valence-corrected chi connectivity index (χ4v) is 5.61. The van der Waals surface area contributed by atoms with Crippen molar-refractivity contribution in [1.82, 2.24) is 9.66 Å². The van der Waals surface area contributed by atoms with Crippen LogP contribution in [0.25, 0.3) is 22.3 Å². The Bertz CT molecular complexity index is 1910. The first-order valence-corrected chi connectivity index (χ1v) is 14.9. The molecule has 10 heteroatoms. The summed E-state index contributed by atoms with van der Waals surface area (Å²) in [4.78, 5) is 18.6. The van der Waals surface area contributed by atoms with Gasteiger partial charge in [0, 0.05) is 5.56 Å². The van der Waals surface area contributed by atoms with Crippen LogP contribution in [0, 0.1) is 6.92 Å². The lowest BCUT2D eigenvalue weighted by Crippen LogP contribution is -2.20. The van der Waals surface area contributed by atoms with E-state index in [4.69, 9.17) is 60.9 Å². The lowest BCUT2D eigenvalue weighted by Gasteiger charge is -2.17. The van der Waals surface area contributed by atoms with Gasteiger partial charge in [-0.1, -0.05) is 78.5 Å². The summed E-state index contributed by atoms with van der Waals surface area (Å²) in [6.45, 7) is 6.31. The van der Waals surface area contributed by atoms with Gasteiger partial charge in [-0.2, -0.15) is 9.78 Å². The Labute approximate surface area is 269 Å². The van der Waals surface area contributed by atoms with Crippen molar-refractivity contribution >= 4 is 63.5 Å². The van der Waals surface area contributed by atoms with Crippen molar-refractivity contribution in [2.75, 3.05) is 7.11 Å². The summed E-state index contributed by atoms with van der Waals surface area (Å²) in [6, 6.07) is 19.7. The molecule has 5 rings (SSSR count). The Morgan fingerprint density at radius 2 is 1.65 bits per heavy atom. The van der Waals surface area contributed by atoms with Crippen molar-refractivity contribution in [1.29, 1.82) is 0 Å². The van der Waals surface area contributed by atoms with Crippen LogP contribution in [0.5, 0.6) is 11.5 Å². The summed E-state index contributed by atoms with van der Waals surface area (Å²) in [5, 5.41) is 6.48. The van der Waals surface area contributed by atoms with E-state index < -0.39 is 0 Å². The van der Waals surface area contributed by atoms with E-state index in [2.05, 4.69) is 18.9 Å². The molecule has 4 aromatic carbocycles. The molecule has 0 atom stereocenters. The molecule has 1 aromatic heterocycles. The summed E-state index contributed by atoms with van der Waals surface area (Å²) < 4.78 is 12.8. The minimum atomic E-state index is -0.308. The number of fused-ring (bicyclic) bond motifs is 1. The average molecular weight is 655 g/mol.